The number of aryl methyl sites for hydroxylation is 1. The summed E-state index contributed by atoms with van der Waals surface area (Å²) in [6.45, 7) is 4.44. The van der Waals surface area contributed by atoms with Crippen molar-refractivity contribution in [2.24, 2.45) is 7.05 Å². The molecule has 0 saturated carbocycles. The first-order valence-corrected chi connectivity index (χ1v) is 7.06. The van der Waals surface area contributed by atoms with Crippen molar-refractivity contribution in [1.82, 2.24) is 4.57 Å². The maximum Gasteiger partial charge on any atom is 0.250 e. The van der Waals surface area contributed by atoms with Crippen molar-refractivity contribution in [3.05, 3.63) is 28.7 Å². The highest BCUT2D eigenvalue weighted by Crippen LogP contribution is 2.11. The number of pyridine rings is 1. The molecule has 0 saturated heterocycles. The summed E-state index contributed by atoms with van der Waals surface area (Å²) in [5, 5.41) is 3.44. The lowest BCUT2D eigenvalue weighted by Gasteiger charge is -2.15. The lowest BCUT2D eigenvalue weighted by atomic mass is 10.1. The predicted octanol–water partition coefficient (Wildman–Crippen LogP) is 3.55. The van der Waals surface area contributed by atoms with E-state index in [0.717, 1.165) is 5.69 Å². The van der Waals surface area contributed by atoms with Crippen molar-refractivity contribution in [2.75, 3.05) is 5.32 Å². The van der Waals surface area contributed by atoms with Crippen LogP contribution in [0.25, 0.3) is 0 Å². The molecular weight excluding hydrogens is 224 g/mol. The van der Waals surface area contributed by atoms with Crippen molar-refractivity contribution < 1.29 is 0 Å². The molecule has 0 amide bonds. The number of anilines is 1. The zero-order valence-electron chi connectivity index (χ0n) is 11.9. The third-order valence-electron chi connectivity index (χ3n) is 3.24. The van der Waals surface area contributed by atoms with Gasteiger partial charge in [-0.2, -0.15) is 0 Å². The molecule has 1 unspecified atom stereocenters. The van der Waals surface area contributed by atoms with E-state index in [0.29, 0.717) is 6.04 Å². The van der Waals surface area contributed by atoms with Crippen molar-refractivity contribution in [1.29, 1.82) is 0 Å². The van der Waals surface area contributed by atoms with Gasteiger partial charge in [-0.3, -0.25) is 4.79 Å². The molecule has 0 fully saturated rings. The van der Waals surface area contributed by atoms with Crippen molar-refractivity contribution in [2.45, 2.75) is 58.4 Å². The fourth-order valence-electron chi connectivity index (χ4n) is 2.09. The lowest BCUT2D eigenvalue weighted by molar-refractivity contribution is 0.578. The van der Waals surface area contributed by atoms with Crippen molar-refractivity contribution >= 4 is 5.69 Å². The molecule has 3 heteroatoms. The molecule has 0 bridgehead atoms. The second kappa shape index (κ2) is 7.96. The highest BCUT2D eigenvalue weighted by Gasteiger charge is 2.02. The summed E-state index contributed by atoms with van der Waals surface area (Å²) in [5.74, 6) is 0. The molecule has 1 N–H and O–H groups in total. The Labute approximate surface area is 110 Å². The molecule has 0 spiro atoms. The van der Waals surface area contributed by atoms with E-state index in [1.807, 2.05) is 12.3 Å². The van der Waals surface area contributed by atoms with Gasteiger partial charge in [0.05, 0.1) is 5.69 Å². The van der Waals surface area contributed by atoms with E-state index in [-0.39, 0.29) is 5.56 Å². The average molecular weight is 250 g/mol. The van der Waals surface area contributed by atoms with E-state index in [9.17, 15) is 4.79 Å². The second-order valence-electron chi connectivity index (χ2n) is 5.12. The summed E-state index contributed by atoms with van der Waals surface area (Å²) in [7, 11) is 1.78. The topological polar surface area (TPSA) is 34.0 Å². The first-order chi connectivity index (χ1) is 8.63. The summed E-state index contributed by atoms with van der Waals surface area (Å²) in [5.41, 5.74) is 1.06. The third kappa shape index (κ3) is 5.39. The molecule has 3 nitrogen and oxygen atoms in total. The Balaban J connectivity index is 2.28. The molecule has 1 atom stereocenters. The first kappa shape index (κ1) is 14.8. The number of rotatable bonds is 8. The Morgan fingerprint density at radius 1 is 1.22 bits per heavy atom. The zero-order chi connectivity index (χ0) is 13.4. The maximum absolute atomic E-state index is 11.3. The number of nitrogens with one attached hydrogen (secondary N) is 1. The van der Waals surface area contributed by atoms with Gasteiger partial charge >= 0.3 is 0 Å². The Hall–Kier alpha value is -1.25. The van der Waals surface area contributed by atoms with Crippen LogP contribution in [0.15, 0.2) is 23.1 Å². The van der Waals surface area contributed by atoms with Gasteiger partial charge in [0.1, 0.15) is 0 Å². The van der Waals surface area contributed by atoms with E-state index in [2.05, 4.69) is 19.2 Å². The van der Waals surface area contributed by atoms with Crippen LogP contribution in [0.4, 0.5) is 5.69 Å². The van der Waals surface area contributed by atoms with Crippen LogP contribution in [0.2, 0.25) is 0 Å². The van der Waals surface area contributed by atoms with Gasteiger partial charge in [-0.05, 0) is 19.4 Å². The second-order valence-corrected chi connectivity index (χ2v) is 5.12. The molecule has 0 aromatic carbocycles. The number of nitrogens with zero attached hydrogens (tertiary/aromatic N) is 1. The summed E-state index contributed by atoms with van der Waals surface area (Å²) in [6, 6.07) is 3.93. The van der Waals surface area contributed by atoms with Crippen LogP contribution in [-0.2, 0) is 7.05 Å². The fourth-order valence-corrected chi connectivity index (χ4v) is 2.09. The Bertz CT molecular complexity index is 398. The highest BCUT2D eigenvalue weighted by molar-refractivity contribution is 5.40. The Kier molecular flexibility index (Phi) is 6.55. The number of hydrogen-bond donors (Lipinski definition) is 1. The summed E-state index contributed by atoms with van der Waals surface area (Å²) >= 11 is 0. The molecule has 18 heavy (non-hydrogen) atoms. The minimum absolute atomic E-state index is 0.0350. The molecule has 1 aromatic rings. The van der Waals surface area contributed by atoms with Crippen molar-refractivity contribution in [3.8, 4) is 0 Å². The lowest BCUT2D eigenvalue weighted by Crippen LogP contribution is -2.19. The summed E-state index contributed by atoms with van der Waals surface area (Å²) in [4.78, 5) is 11.3. The van der Waals surface area contributed by atoms with Gasteiger partial charge in [-0.1, -0.05) is 39.0 Å². The monoisotopic (exact) mass is 250 g/mol. The average Bonchev–Trinajstić information content (AvgIpc) is 2.34. The van der Waals surface area contributed by atoms with Gasteiger partial charge in [0.2, 0.25) is 5.56 Å². The fraction of sp³-hybridized carbons (Fsp3) is 0.667. The molecule has 1 aromatic heterocycles. The largest absolute Gasteiger partial charge is 0.381 e. The van der Waals surface area contributed by atoms with E-state index >= 15 is 0 Å². The summed E-state index contributed by atoms with van der Waals surface area (Å²) < 4.78 is 1.61. The van der Waals surface area contributed by atoms with E-state index in [1.54, 1.807) is 17.7 Å². The van der Waals surface area contributed by atoms with Gasteiger partial charge in [0, 0.05) is 25.4 Å². The molecule has 1 heterocycles. The maximum atomic E-state index is 11.3. The van der Waals surface area contributed by atoms with Gasteiger partial charge in [0.25, 0.3) is 0 Å². The quantitative estimate of drug-likeness (QED) is 0.716. The van der Waals surface area contributed by atoms with Crippen LogP contribution in [0.3, 0.4) is 0 Å². The molecule has 102 valence electrons. The number of hydrogen-bond acceptors (Lipinski definition) is 2. The van der Waals surface area contributed by atoms with Crippen LogP contribution >= 0.6 is 0 Å². The third-order valence-corrected chi connectivity index (χ3v) is 3.24. The van der Waals surface area contributed by atoms with Gasteiger partial charge < -0.3 is 9.88 Å². The standard InChI is InChI=1S/C15H26N2O/c1-4-5-6-7-8-9-13(2)16-14-10-11-15(18)17(3)12-14/h10-13,16H,4-9H2,1-3H3. The number of unbranched alkanes of at least 4 members (excludes halogenated alkanes) is 4. The number of aromatic nitrogens is 1. The molecule has 0 aliphatic carbocycles. The first-order valence-electron chi connectivity index (χ1n) is 7.06. The molecule has 0 aliphatic rings. The van der Waals surface area contributed by atoms with Gasteiger partial charge in [-0.15, -0.1) is 0 Å². The van der Waals surface area contributed by atoms with E-state index in [4.69, 9.17) is 0 Å². The molecular formula is C15H26N2O. The Morgan fingerprint density at radius 2 is 1.94 bits per heavy atom. The normalized spacial score (nSPS) is 12.4. The Morgan fingerprint density at radius 3 is 2.61 bits per heavy atom. The van der Waals surface area contributed by atoms with Crippen LogP contribution < -0.4 is 10.9 Å². The minimum Gasteiger partial charge on any atom is -0.381 e. The molecule has 1 rings (SSSR count). The molecule has 0 radical (unpaired) electrons. The van der Waals surface area contributed by atoms with Crippen LogP contribution in [-0.4, -0.2) is 10.6 Å². The minimum atomic E-state index is 0.0350. The smallest absolute Gasteiger partial charge is 0.250 e. The zero-order valence-corrected chi connectivity index (χ0v) is 11.9. The van der Waals surface area contributed by atoms with Gasteiger partial charge in [-0.25, -0.2) is 0 Å². The SMILES string of the molecule is CCCCCCCC(C)Nc1ccc(=O)n(C)c1. The van der Waals surface area contributed by atoms with E-state index in [1.165, 1.54) is 38.5 Å². The molecule has 0 aliphatic heterocycles. The van der Waals surface area contributed by atoms with Crippen LogP contribution in [0, 0.1) is 0 Å². The summed E-state index contributed by atoms with van der Waals surface area (Å²) in [6.07, 6.45) is 9.65. The predicted molar refractivity (Wildman–Crippen MR) is 78.1 cm³/mol. The van der Waals surface area contributed by atoms with Gasteiger partial charge in [0.15, 0.2) is 0 Å². The highest BCUT2D eigenvalue weighted by atomic mass is 16.1. The van der Waals surface area contributed by atoms with Crippen molar-refractivity contribution in [3.63, 3.8) is 0 Å². The van der Waals surface area contributed by atoms with E-state index < -0.39 is 0 Å². The van der Waals surface area contributed by atoms with Crippen LogP contribution in [0.5, 0.6) is 0 Å². The van der Waals surface area contributed by atoms with Crippen LogP contribution in [0.1, 0.15) is 52.4 Å².